The Labute approximate surface area is 115 Å². The Kier molecular flexibility index (Phi) is 5.36. The monoisotopic (exact) mass is 266 g/mol. The van der Waals surface area contributed by atoms with Crippen molar-refractivity contribution in [3.8, 4) is 0 Å². The average Bonchev–Trinajstić information content (AvgIpc) is 2.87. The van der Waals surface area contributed by atoms with E-state index in [1.807, 2.05) is 10.9 Å². The number of aromatic nitrogens is 2. The molecule has 0 radical (unpaired) electrons. The third-order valence-electron chi connectivity index (χ3n) is 3.92. The van der Waals surface area contributed by atoms with E-state index in [0.717, 1.165) is 38.9 Å². The minimum atomic E-state index is 0.368. The summed E-state index contributed by atoms with van der Waals surface area (Å²) in [6.45, 7) is 5.86. The van der Waals surface area contributed by atoms with Gasteiger partial charge in [-0.25, -0.2) is 0 Å². The van der Waals surface area contributed by atoms with E-state index in [4.69, 9.17) is 10.5 Å². The van der Waals surface area contributed by atoms with Crippen molar-refractivity contribution in [2.45, 2.75) is 51.4 Å². The quantitative estimate of drug-likeness (QED) is 0.841. The fourth-order valence-electron chi connectivity index (χ4n) is 2.80. The molecular formula is C14H26N4O. The number of hydrogen-bond acceptors (Lipinski definition) is 4. The molecule has 2 unspecified atom stereocenters. The summed E-state index contributed by atoms with van der Waals surface area (Å²) in [5.74, 6) is 0. The van der Waals surface area contributed by atoms with E-state index in [0.29, 0.717) is 18.7 Å². The van der Waals surface area contributed by atoms with E-state index in [-0.39, 0.29) is 0 Å². The fraction of sp³-hybridized carbons (Fsp3) is 0.786. The summed E-state index contributed by atoms with van der Waals surface area (Å²) in [5, 5.41) is 4.39. The van der Waals surface area contributed by atoms with Crippen LogP contribution >= 0.6 is 0 Å². The molecule has 0 saturated carbocycles. The fourth-order valence-corrected chi connectivity index (χ4v) is 2.80. The summed E-state index contributed by atoms with van der Waals surface area (Å²) in [7, 11) is 1.79. The second kappa shape index (κ2) is 7.03. The molecule has 1 aliphatic heterocycles. The standard InChI is InChI=1S/C14H26N4O/c1-3-5-18-11-12(9-16-18)10-17-6-4-14(19-2)7-13(17)8-15/h9,11,13-14H,3-8,10,15H2,1-2H3. The molecule has 108 valence electrons. The molecule has 1 saturated heterocycles. The zero-order valence-corrected chi connectivity index (χ0v) is 12.1. The third-order valence-corrected chi connectivity index (χ3v) is 3.92. The Balaban J connectivity index is 1.93. The van der Waals surface area contributed by atoms with Gasteiger partial charge in [-0.1, -0.05) is 6.92 Å². The van der Waals surface area contributed by atoms with Crippen molar-refractivity contribution in [3.05, 3.63) is 18.0 Å². The number of methoxy groups -OCH3 is 1. The van der Waals surface area contributed by atoms with Gasteiger partial charge in [0.2, 0.25) is 0 Å². The predicted octanol–water partition coefficient (Wildman–Crippen LogP) is 1.23. The molecule has 5 nitrogen and oxygen atoms in total. The molecular weight excluding hydrogens is 240 g/mol. The number of nitrogens with zero attached hydrogens (tertiary/aromatic N) is 3. The van der Waals surface area contributed by atoms with Gasteiger partial charge in [-0.2, -0.15) is 5.10 Å². The Morgan fingerprint density at radius 2 is 2.37 bits per heavy atom. The second-order valence-corrected chi connectivity index (χ2v) is 5.35. The summed E-state index contributed by atoms with van der Waals surface area (Å²) in [5.41, 5.74) is 7.18. The summed E-state index contributed by atoms with van der Waals surface area (Å²) >= 11 is 0. The zero-order valence-electron chi connectivity index (χ0n) is 12.1. The van der Waals surface area contributed by atoms with Crippen LogP contribution in [-0.2, 0) is 17.8 Å². The second-order valence-electron chi connectivity index (χ2n) is 5.35. The van der Waals surface area contributed by atoms with E-state index in [1.54, 1.807) is 7.11 Å². The Morgan fingerprint density at radius 3 is 3.05 bits per heavy atom. The summed E-state index contributed by atoms with van der Waals surface area (Å²) in [6, 6.07) is 0.424. The van der Waals surface area contributed by atoms with Crippen LogP contribution < -0.4 is 5.73 Å². The van der Waals surface area contributed by atoms with E-state index in [2.05, 4.69) is 23.1 Å². The lowest BCUT2D eigenvalue weighted by atomic mass is 9.99. The van der Waals surface area contributed by atoms with Gasteiger partial charge in [-0.3, -0.25) is 9.58 Å². The largest absolute Gasteiger partial charge is 0.381 e. The van der Waals surface area contributed by atoms with Gasteiger partial charge < -0.3 is 10.5 Å². The van der Waals surface area contributed by atoms with Crippen LogP contribution in [0.1, 0.15) is 31.7 Å². The molecule has 1 aromatic heterocycles. The molecule has 19 heavy (non-hydrogen) atoms. The van der Waals surface area contributed by atoms with Crippen molar-refractivity contribution in [2.24, 2.45) is 5.73 Å². The van der Waals surface area contributed by atoms with Crippen molar-refractivity contribution in [3.63, 3.8) is 0 Å². The number of ether oxygens (including phenoxy) is 1. The minimum Gasteiger partial charge on any atom is -0.381 e. The van der Waals surface area contributed by atoms with Crippen LogP contribution in [0.25, 0.3) is 0 Å². The topological polar surface area (TPSA) is 56.3 Å². The molecule has 2 rings (SSSR count). The summed E-state index contributed by atoms with van der Waals surface area (Å²) in [4.78, 5) is 2.46. The van der Waals surface area contributed by atoms with Crippen LogP contribution in [-0.4, -0.2) is 47.0 Å². The first kappa shape index (κ1) is 14.5. The zero-order chi connectivity index (χ0) is 13.7. The van der Waals surface area contributed by atoms with Crippen molar-refractivity contribution in [2.75, 3.05) is 20.2 Å². The number of nitrogens with two attached hydrogens (primary N) is 1. The van der Waals surface area contributed by atoms with Crippen molar-refractivity contribution in [1.82, 2.24) is 14.7 Å². The molecule has 0 aromatic carbocycles. The smallest absolute Gasteiger partial charge is 0.0599 e. The lowest BCUT2D eigenvalue weighted by Gasteiger charge is -2.38. The molecule has 0 spiro atoms. The average molecular weight is 266 g/mol. The number of aryl methyl sites for hydroxylation is 1. The molecule has 0 bridgehead atoms. The van der Waals surface area contributed by atoms with Crippen LogP contribution in [0.2, 0.25) is 0 Å². The lowest BCUT2D eigenvalue weighted by molar-refractivity contribution is 0.0102. The Hall–Kier alpha value is -0.910. The van der Waals surface area contributed by atoms with Crippen LogP contribution in [0.15, 0.2) is 12.4 Å². The van der Waals surface area contributed by atoms with Gasteiger partial charge in [-0.05, 0) is 19.3 Å². The van der Waals surface area contributed by atoms with Crippen molar-refractivity contribution < 1.29 is 4.74 Å². The molecule has 1 aromatic rings. The summed E-state index contributed by atoms with van der Waals surface area (Å²) in [6.07, 6.45) is 7.75. The van der Waals surface area contributed by atoms with Gasteiger partial charge in [0.25, 0.3) is 0 Å². The predicted molar refractivity (Wildman–Crippen MR) is 75.8 cm³/mol. The molecule has 5 heteroatoms. The maximum Gasteiger partial charge on any atom is 0.0599 e. The van der Waals surface area contributed by atoms with Gasteiger partial charge in [0.15, 0.2) is 0 Å². The lowest BCUT2D eigenvalue weighted by Crippen LogP contribution is -2.47. The highest BCUT2D eigenvalue weighted by Crippen LogP contribution is 2.21. The summed E-state index contributed by atoms with van der Waals surface area (Å²) < 4.78 is 7.48. The number of hydrogen-bond donors (Lipinski definition) is 1. The van der Waals surface area contributed by atoms with E-state index < -0.39 is 0 Å². The first-order chi connectivity index (χ1) is 9.26. The number of likely N-dealkylation sites (tertiary alicyclic amines) is 1. The van der Waals surface area contributed by atoms with Gasteiger partial charge >= 0.3 is 0 Å². The molecule has 1 aliphatic rings. The first-order valence-electron chi connectivity index (χ1n) is 7.25. The van der Waals surface area contributed by atoms with E-state index >= 15 is 0 Å². The van der Waals surface area contributed by atoms with Gasteiger partial charge in [0.05, 0.1) is 12.3 Å². The van der Waals surface area contributed by atoms with Gasteiger partial charge in [-0.15, -0.1) is 0 Å². The molecule has 1 fully saturated rings. The van der Waals surface area contributed by atoms with Crippen molar-refractivity contribution >= 4 is 0 Å². The number of piperidine rings is 1. The molecule has 2 heterocycles. The highest BCUT2D eigenvalue weighted by molar-refractivity contribution is 5.04. The van der Waals surface area contributed by atoms with Crippen LogP contribution in [0.4, 0.5) is 0 Å². The van der Waals surface area contributed by atoms with E-state index in [1.165, 1.54) is 5.56 Å². The molecule has 2 N–H and O–H groups in total. The van der Waals surface area contributed by atoms with Crippen LogP contribution in [0, 0.1) is 0 Å². The first-order valence-corrected chi connectivity index (χ1v) is 7.25. The Bertz CT molecular complexity index is 379. The highest BCUT2D eigenvalue weighted by Gasteiger charge is 2.27. The minimum absolute atomic E-state index is 0.368. The maximum atomic E-state index is 5.90. The Morgan fingerprint density at radius 1 is 1.53 bits per heavy atom. The normalized spacial score (nSPS) is 24.8. The van der Waals surface area contributed by atoms with Gasteiger partial charge in [0.1, 0.15) is 0 Å². The molecule has 0 amide bonds. The molecule has 0 aliphatic carbocycles. The SMILES string of the molecule is CCCn1cc(CN2CCC(OC)CC2CN)cn1. The highest BCUT2D eigenvalue weighted by atomic mass is 16.5. The third kappa shape index (κ3) is 3.78. The van der Waals surface area contributed by atoms with Crippen LogP contribution in [0.3, 0.4) is 0 Å². The van der Waals surface area contributed by atoms with Gasteiger partial charge in [0, 0.05) is 51.1 Å². The van der Waals surface area contributed by atoms with Crippen molar-refractivity contribution in [1.29, 1.82) is 0 Å². The van der Waals surface area contributed by atoms with Crippen LogP contribution in [0.5, 0.6) is 0 Å². The van der Waals surface area contributed by atoms with E-state index in [9.17, 15) is 0 Å². The number of rotatable bonds is 6. The maximum absolute atomic E-state index is 5.90. The molecule has 2 atom stereocenters.